The Morgan fingerprint density at radius 2 is 1.59 bits per heavy atom. The van der Waals surface area contributed by atoms with Crippen molar-refractivity contribution in [3.63, 3.8) is 0 Å². The fourth-order valence-corrected chi connectivity index (χ4v) is 3.24. The smallest absolute Gasteiger partial charge is 0.322 e. The number of anilines is 1. The van der Waals surface area contributed by atoms with Gasteiger partial charge in [0, 0.05) is 24.6 Å². The molecule has 3 aromatic rings. The van der Waals surface area contributed by atoms with Gasteiger partial charge in [0.25, 0.3) is 5.91 Å². The van der Waals surface area contributed by atoms with Gasteiger partial charge in [-0.2, -0.15) is 13.2 Å². The van der Waals surface area contributed by atoms with Crippen LogP contribution in [0.5, 0.6) is 0 Å². The molecule has 0 saturated heterocycles. The largest absolute Gasteiger partial charge is 0.416 e. The fraction of sp³-hybridized carbons (Fsp3) is 0.167. The molecule has 166 valence electrons. The molecular weight excluding hydrogens is 429 g/mol. The third-order valence-corrected chi connectivity index (χ3v) is 4.64. The Hall–Kier alpha value is -3.55. The van der Waals surface area contributed by atoms with E-state index in [4.69, 9.17) is 0 Å². The number of rotatable bonds is 6. The van der Waals surface area contributed by atoms with Crippen LogP contribution in [0.2, 0.25) is 0 Å². The van der Waals surface area contributed by atoms with Gasteiger partial charge in [0.2, 0.25) is 0 Å². The lowest BCUT2D eigenvalue weighted by molar-refractivity contribution is -0.137. The van der Waals surface area contributed by atoms with Crippen LogP contribution in [0.3, 0.4) is 0 Å². The summed E-state index contributed by atoms with van der Waals surface area (Å²) in [6.07, 6.45) is -4.97. The van der Waals surface area contributed by atoms with Crippen LogP contribution >= 0.6 is 0 Å². The number of amides is 1. The lowest BCUT2D eigenvalue weighted by atomic mass is 9.99. The summed E-state index contributed by atoms with van der Waals surface area (Å²) in [6.45, 7) is 1.86. The predicted molar refractivity (Wildman–Crippen MR) is 109 cm³/mol. The first-order valence-corrected chi connectivity index (χ1v) is 9.56. The lowest BCUT2D eigenvalue weighted by Gasteiger charge is -2.13. The highest BCUT2D eigenvalue weighted by molar-refractivity contribution is 6.04. The quantitative estimate of drug-likeness (QED) is 0.479. The molecule has 1 N–H and O–H groups in total. The molecule has 0 aliphatic rings. The zero-order valence-electron chi connectivity index (χ0n) is 16.9. The number of Topliss-reactive ketones (excluding diaryl/α,β-unsaturated/α-hetero) is 1. The summed E-state index contributed by atoms with van der Waals surface area (Å²) < 4.78 is 66.9. The van der Waals surface area contributed by atoms with Crippen molar-refractivity contribution >= 4 is 17.4 Å². The van der Waals surface area contributed by atoms with Crippen LogP contribution in [-0.2, 0) is 23.8 Å². The number of benzene rings is 3. The fourth-order valence-electron chi connectivity index (χ4n) is 3.24. The maximum absolute atomic E-state index is 13.8. The van der Waals surface area contributed by atoms with Crippen LogP contribution in [0.15, 0.2) is 60.7 Å². The van der Waals surface area contributed by atoms with Gasteiger partial charge in [0.1, 0.15) is 17.4 Å². The normalized spacial score (nSPS) is 11.3. The zero-order chi connectivity index (χ0) is 23.5. The molecule has 3 nitrogen and oxygen atoms in total. The van der Waals surface area contributed by atoms with Gasteiger partial charge in [-0.15, -0.1) is 0 Å². The highest BCUT2D eigenvalue weighted by Gasteiger charge is 2.31. The van der Waals surface area contributed by atoms with E-state index in [0.717, 1.165) is 29.3 Å². The maximum atomic E-state index is 13.8. The van der Waals surface area contributed by atoms with E-state index in [1.807, 2.05) is 19.1 Å². The molecule has 0 heterocycles. The van der Waals surface area contributed by atoms with Crippen molar-refractivity contribution in [3.05, 3.63) is 100 Å². The number of ketones is 1. The van der Waals surface area contributed by atoms with Crippen molar-refractivity contribution in [1.29, 1.82) is 0 Å². The minimum atomic E-state index is -4.73. The molecule has 0 aromatic heterocycles. The summed E-state index contributed by atoms with van der Waals surface area (Å²) in [5.74, 6) is -3.40. The summed E-state index contributed by atoms with van der Waals surface area (Å²) in [5.41, 5.74) is -0.108. The average molecular weight is 447 g/mol. The van der Waals surface area contributed by atoms with Gasteiger partial charge in [0.15, 0.2) is 0 Å². The summed E-state index contributed by atoms with van der Waals surface area (Å²) in [4.78, 5) is 24.7. The van der Waals surface area contributed by atoms with Gasteiger partial charge in [-0.1, -0.05) is 29.8 Å². The van der Waals surface area contributed by atoms with E-state index in [1.165, 1.54) is 6.07 Å². The molecule has 32 heavy (non-hydrogen) atoms. The lowest BCUT2D eigenvalue weighted by Crippen LogP contribution is -2.16. The standard InChI is InChI=1S/C24H18F5NO2/c1-14-3-2-4-15(7-14)10-20(31)11-16-8-17(24(27,28)29)12-19(9-16)30-23(32)21-6-5-18(25)13-22(21)26/h2-9,12-13H,10-11H2,1H3,(H,30,32). The average Bonchev–Trinajstić information content (AvgIpc) is 2.66. The number of carbonyl (C=O) groups excluding carboxylic acids is 2. The highest BCUT2D eigenvalue weighted by Crippen LogP contribution is 2.32. The van der Waals surface area contributed by atoms with E-state index in [9.17, 15) is 31.5 Å². The summed E-state index contributed by atoms with van der Waals surface area (Å²) in [7, 11) is 0. The molecule has 0 atom stereocenters. The number of alkyl halides is 3. The molecule has 3 aromatic carbocycles. The van der Waals surface area contributed by atoms with Gasteiger partial charge in [-0.05, 0) is 48.4 Å². The van der Waals surface area contributed by atoms with E-state index in [0.29, 0.717) is 12.1 Å². The second-order valence-corrected chi connectivity index (χ2v) is 7.38. The number of hydrogen-bond donors (Lipinski definition) is 1. The van der Waals surface area contributed by atoms with E-state index >= 15 is 0 Å². The van der Waals surface area contributed by atoms with Crippen LogP contribution in [0.25, 0.3) is 0 Å². The second kappa shape index (κ2) is 9.30. The molecule has 0 saturated carbocycles. The Labute approximate surface area is 180 Å². The van der Waals surface area contributed by atoms with Gasteiger partial charge < -0.3 is 5.32 Å². The van der Waals surface area contributed by atoms with Gasteiger partial charge in [-0.25, -0.2) is 8.78 Å². The Morgan fingerprint density at radius 3 is 2.25 bits per heavy atom. The van der Waals surface area contributed by atoms with Gasteiger partial charge >= 0.3 is 6.18 Å². The third-order valence-electron chi connectivity index (χ3n) is 4.64. The van der Waals surface area contributed by atoms with Crippen LogP contribution < -0.4 is 5.32 Å². The molecular formula is C24H18F5NO2. The third kappa shape index (κ3) is 6.00. The summed E-state index contributed by atoms with van der Waals surface area (Å²) >= 11 is 0. The molecule has 8 heteroatoms. The molecule has 0 bridgehead atoms. The second-order valence-electron chi connectivity index (χ2n) is 7.38. The Kier molecular flexibility index (Phi) is 6.72. The first-order chi connectivity index (χ1) is 15.0. The Balaban J connectivity index is 1.84. The van der Waals surface area contributed by atoms with Gasteiger partial charge in [-0.3, -0.25) is 9.59 Å². The minimum absolute atomic E-state index is 0.0421. The molecule has 1 amide bonds. The zero-order valence-corrected chi connectivity index (χ0v) is 16.9. The molecule has 0 fully saturated rings. The summed E-state index contributed by atoms with van der Waals surface area (Å²) in [5, 5.41) is 2.19. The van der Waals surface area contributed by atoms with E-state index < -0.39 is 34.8 Å². The van der Waals surface area contributed by atoms with Crippen molar-refractivity contribution in [2.75, 3.05) is 5.32 Å². The molecule has 0 radical (unpaired) electrons. The minimum Gasteiger partial charge on any atom is -0.322 e. The SMILES string of the molecule is Cc1cccc(CC(=O)Cc2cc(NC(=O)c3ccc(F)cc3F)cc(C(F)(F)F)c2)c1. The first-order valence-electron chi connectivity index (χ1n) is 9.56. The van der Waals surface area contributed by atoms with E-state index in [1.54, 1.807) is 12.1 Å². The van der Waals surface area contributed by atoms with Crippen molar-refractivity contribution in [2.24, 2.45) is 0 Å². The monoisotopic (exact) mass is 447 g/mol. The van der Waals surface area contributed by atoms with E-state index in [-0.39, 0.29) is 29.9 Å². The number of carbonyl (C=O) groups is 2. The van der Waals surface area contributed by atoms with Gasteiger partial charge in [0.05, 0.1) is 11.1 Å². The van der Waals surface area contributed by atoms with Crippen LogP contribution in [0, 0.1) is 18.6 Å². The van der Waals surface area contributed by atoms with Crippen LogP contribution in [0.1, 0.15) is 32.6 Å². The molecule has 3 rings (SSSR count). The Morgan fingerprint density at radius 1 is 0.875 bits per heavy atom. The van der Waals surface area contributed by atoms with Crippen molar-refractivity contribution in [2.45, 2.75) is 25.9 Å². The van der Waals surface area contributed by atoms with Crippen LogP contribution in [-0.4, -0.2) is 11.7 Å². The molecule has 0 spiro atoms. The summed E-state index contributed by atoms with van der Waals surface area (Å²) in [6, 6.07) is 12.2. The van der Waals surface area contributed by atoms with Crippen LogP contribution in [0.4, 0.5) is 27.6 Å². The van der Waals surface area contributed by atoms with Crippen molar-refractivity contribution in [1.82, 2.24) is 0 Å². The number of nitrogens with one attached hydrogen (secondary N) is 1. The number of aryl methyl sites for hydroxylation is 1. The number of halogens is 5. The number of hydrogen-bond acceptors (Lipinski definition) is 2. The molecule has 0 unspecified atom stereocenters. The highest BCUT2D eigenvalue weighted by atomic mass is 19.4. The first kappa shape index (κ1) is 23.1. The van der Waals surface area contributed by atoms with Crippen molar-refractivity contribution < 1.29 is 31.5 Å². The molecule has 0 aliphatic heterocycles. The Bertz CT molecular complexity index is 1170. The van der Waals surface area contributed by atoms with Crippen molar-refractivity contribution in [3.8, 4) is 0 Å². The topological polar surface area (TPSA) is 46.2 Å². The van der Waals surface area contributed by atoms with E-state index in [2.05, 4.69) is 5.32 Å². The maximum Gasteiger partial charge on any atom is 0.416 e. The predicted octanol–water partition coefficient (Wildman–Crippen LogP) is 5.90. The molecule has 0 aliphatic carbocycles.